The van der Waals surface area contributed by atoms with E-state index in [0.29, 0.717) is 11.5 Å². The maximum atomic E-state index is 13.1. The number of aromatic nitrogens is 1. The molecule has 0 saturated heterocycles. The first-order valence-corrected chi connectivity index (χ1v) is 10.0. The highest BCUT2D eigenvalue weighted by Crippen LogP contribution is 2.26. The van der Waals surface area contributed by atoms with Crippen molar-refractivity contribution in [1.29, 1.82) is 0 Å². The van der Waals surface area contributed by atoms with Crippen LogP contribution in [-0.4, -0.2) is 10.9 Å². The van der Waals surface area contributed by atoms with E-state index in [4.69, 9.17) is 4.98 Å². The molecule has 0 aliphatic rings. The van der Waals surface area contributed by atoms with E-state index in [9.17, 15) is 4.79 Å². The highest BCUT2D eigenvalue weighted by atomic mass is 16.1. The zero-order valence-electron chi connectivity index (χ0n) is 16.7. The Labute approximate surface area is 171 Å². The lowest BCUT2D eigenvalue weighted by Crippen LogP contribution is -2.13. The number of para-hydroxylation sites is 1. The lowest BCUT2D eigenvalue weighted by molar-refractivity contribution is 0.102. The number of anilines is 1. The fourth-order valence-electron chi connectivity index (χ4n) is 3.45. The van der Waals surface area contributed by atoms with E-state index in [-0.39, 0.29) is 5.91 Å². The molecule has 1 aromatic heterocycles. The smallest absolute Gasteiger partial charge is 0.256 e. The predicted molar refractivity (Wildman–Crippen MR) is 120 cm³/mol. The summed E-state index contributed by atoms with van der Waals surface area (Å²) in [4.78, 5) is 17.9. The van der Waals surface area contributed by atoms with Gasteiger partial charge in [0.05, 0.1) is 16.8 Å². The number of nitrogens with one attached hydrogen (secondary N) is 1. The van der Waals surface area contributed by atoms with Gasteiger partial charge in [0, 0.05) is 16.6 Å². The van der Waals surface area contributed by atoms with Crippen molar-refractivity contribution in [2.75, 3.05) is 5.32 Å². The molecule has 1 atom stereocenters. The average Bonchev–Trinajstić information content (AvgIpc) is 2.78. The number of rotatable bonds is 5. The van der Waals surface area contributed by atoms with Crippen molar-refractivity contribution in [2.24, 2.45) is 0 Å². The Bertz CT molecular complexity index is 1130. The molecular formula is C26H24N2O. The summed E-state index contributed by atoms with van der Waals surface area (Å²) in [5.41, 5.74) is 5.30. The zero-order chi connectivity index (χ0) is 20.2. The lowest BCUT2D eigenvalue weighted by Gasteiger charge is -2.12. The molecule has 144 valence electrons. The summed E-state index contributed by atoms with van der Waals surface area (Å²) in [7, 11) is 0. The van der Waals surface area contributed by atoms with Gasteiger partial charge in [-0.15, -0.1) is 0 Å². The normalized spacial score (nSPS) is 11.9. The van der Waals surface area contributed by atoms with Crippen molar-refractivity contribution in [3.63, 3.8) is 0 Å². The summed E-state index contributed by atoms with van der Waals surface area (Å²) in [6, 6.07) is 27.7. The summed E-state index contributed by atoms with van der Waals surface area (Å²) < 4.78 is 0. The summed E-state index contributed by atoms with van der Waals surface area (Å²) >= 11 is 0. The Hall–Kier alpha value is -3.46. The standard InChI is InChI=1S/C26H24N2O/c1-3-18(2)19-13-15-21(16-14-19)27-26(29)23-17-25(20-9-5-4-6-10-20)28-24-12-8-7-11-22(23)24/h4-18H,3H2,1-2H3,(H,27,29). The van der Waals surface area contributed by atoms with Crippen LogP contribution in [-0.2, 0) is 0 Å². The van der Waals surface area contributed by atoms with E-state index in [1.54, 1.807) is 0 Å². The first kappa shape index (κ1) is 18.9. The van der Waals surface area contributed by atoms with Gasteiger partial charge in [0.1, 0.15) is 0 Å². The van der Waals surface area contributed by atoms with Gasteiger partial charge in [-0.25, -0.2) is 4.98 Å². The second-order valence-corrected chi connectivity index (χ2v) is 7.32. The number of carbonyl (C=O) groups excluding carboxylic acids is 1. The zero-order valence-corrected chi connectivity index (χ0v) is 16.7. The predicted octanol–water partition coefficient (Wildman–Crippen LogP) is 6.67. The first-order valence-electron chi connectivity index (χ1n) is 10.0. The minimum absolute atomic E-state index is 0.128. The van der Waals surface area contributed by atoms with E-state index in [2.05, 4.69) is 31.3 Å². The summed E-state index contributed by atoms with van der Waals surface area (Å²) in [6.07, 6.45) is 1.09. The van der Waals surface area contributed by atoms with E-state index in [0.717, 1.165) is 34.3 Å². The van der Waals surface area contributed by atoms with Crippen LogP contribution in [0.1, 0.15) is 42.1 Å². The second kappa shape index (κ2) is 8.27. The minimum atomic E-state index is -0.128. The summed E-state index contributed by atoms with van der Waals surface area (Å²) in [6.45, 7) is 4.39. The van der Waals surface area contributed by atoms with Gasteiger partial charge >= 0.3 is 0 Å². The van der Waals surface area contributed by atoms with Crippen LogP contribution in [0.5, 0.6) is 0 Å². The van der Waals surface area contributed by atoms with Gasteiger partial charge in [-0.1, -0.05) is 74.5 Å². The second-order valence-electron chi connectivity index (χ2n) is 7.32. The number of benzene rings is 3. The van der Waals surface area contributed by atoms with Crippen LogP contribution in [0.15, 0.2) is 84.9 Å². The SMILES string of the molecule is CCC(C)c1ccc(NC(=O)c2cc(-c3ccccc3)nc3ccccc23)cc1. The topological polar surface area (TPSA) is 42.0 Å². The Balaban J connectivity index is 1.70. The number of hydrogen-bond acceptors (Lipinski definition) is 2. The molecule has 1 heterocycles. The van der Waals surface area contributed by atoms with Gasteiger partial charge in [-0.3, -0.25) is 4.79 Å². The number of fused-ring (bicyclic) bond motifs is 1. The van der Waals surface area contributed by atoms with Crippen molar-refractivity contribution in [2.45, 2.75) is 26.2 Å². The lowest BCUT2D eigenvalue weighted by atomic mass is 9.98. The molecule has 0 bridgehead atoms. The molecule has 0 saturated carbocycles. The fraction of sp³-hybridized carbons (Fsp3) is 0.154. The molecule has 0 aliphatic heterocycles. The van der Waals surface area contributed by atoms with E-state index >= 15 is 0 Å². The average molecular weight is 380 g/mol. The summed E-state index contributed by atoms with van der Waals surface area (Å²) in [5, 5.41) is 3.89. The molecule has 4 rings (SSSR count). The Kier molecular flexibility index (Phi) is 5.39. The molecule has 0 spiro atoms. The van der Waals surface area contributed by atoms with Crippen molar-refractivity contribution in [3.8, 4) is 11.3 Å². The van der Waals surface area contributed by atoms with Crippen molar-refractivity contribution >= 4 is 22.5 Å². The third-order valence-corrected chi connectivity index (χ3v) is 5.38. The Morgan fingerprint density at radius 3 is 2.34 bits per heavy atom. The highest BCUT2D eigenvalue weighted by Gasteiger charge is 2.14. The van der Waals surface area contributed by atoms with Gasteiger partial charge in [0.15, 0.2) is 0 Å². The third-order valence-electron chi connectivity index (χ3n) is 5.38. The molecule has 0 aliphatic carbocycles. The van der Waals surface area contributed by atoms with Crippen LogP contribution in [0, 0.1) is 0 Å². The number of carbonyl (C=O) groups is 1. The molecule has 1 N–H and O–H groups in total. The number of pyridine rings is 1. The first-order chi connectivity index (χ1) is 14.2. The third kappa shape index (κ3) is 4.04. The van der Waals surface area contributed by atoms with E-state index in [1.165, 1.54) is 5.56 Å². The molecule has 1 amide bonds. The summed E-state index contributed by atoms with van der Waals surface area (Å²) in [5.74, 6) is 0.384. The maximum absolute atomic E-state index is 13.1. The molecule has 0 fully saturated rings. The maximum Gasteiger partial charge on any atom is 0.256 e. The van der Waals surface area contributed by atoms with Crippen molar-refractivity contribution < 1.29 is 4.79 Å². The molecule has 0 radical (unpaired) electrons. The Morgan fingerprint density at radius 2 is 1.62 bits per heavy atom. The number of hydrogen-bond donors (Lipinski definition) is 1. The van der Waals surface area contributed by atoms with Crippen LogP contribution in [0.25, 0.3) is 22.2 Å². The highest BCUT2D eigenvalue weighted by molar-refractivity contribution is 6.13. The van der Waals surface area contributed by atoms with Gasteiger partial charge in [-0.2, -0.15) is 0 Å². The van der Waals surface area contributed by atoms with Crippen LogP contribution >= 0.6 is 0 Å². The molecule has 3 heteroatoms. The number of nitrogens with zero attached hydrogens (tertiary/aromatic N) is 1. The molecule has 1 unspecified atom stereocenters. The van der Waals surface area contributed by atoms with Gasteiger partial charge < -0.3 is 5.32 Å². The molecule has 3 nitrogen and oxygen atoms in total. The van der Waals surface area contributed by atoms with E-state index in [1.807, 2.05) is 72.8 Å². The monoisotopic (exact) mass is 380 g/mol. The molecular weight excluding hydrogens is 356 g/mol. The van der Waals surface area contributed by atoms with Crippen molar-refractivity contribution in [1.82, 2.24) is 4.98 Å². The van der Waals surface area contributed by atoms with Crippen molar-refractivity contribution in [3.05, 3.63) is 96.1 Å². The van der Waals surface area contributed by atoms with Gasteiger partial charge in [-0.05, 0) is 42.2 Å². The fourth-order valence-corrected chi connectivity index (χ4v) is 3.45. The largest absolute Gasteiger partial charge is 0.322 e. The van der Waals surface area contributed by atoms with E-state index < -0.39 is 0 Å². The van der Waals surface area contributed by atoms with Crippen LogP contribution in [0.2, 0.25) is 0 Å². The molecule has 29 heavy (non-hydrogen) atoms. The minimum Gasteiger partial charge on any atom is -0.322 e. The molecule has 3 aromatic carbocycles. The van der Waals surface area contributed by atoms with Gasteiger partial charge in [0.2, 0.25) is 0 Å². The van der Waals surface area contributed by atoms with Gasteiger partial charge in [0.25, 0.3) is 5.91 Å². The van der Waals surface area contributed by atoms with Crippen LogP contribution in [0.4, 0.5) is 5.69 Å². The Morgan fingerprint density at radius 1 is 0.931 bits per heavy atom. The molecule has 4 aromatic rings. The quantitative estimate of drug-likeness (QED) is 0.420. The van der Waals surface area contributed by atoms with Crippen LogP contribution in [0.3, 0.4) is 0 Å². The van der Waals surface area contributed by atoms with Crippen LogP contribution < -0.4 is 5.32 Å². The number of amides is 1.